The van der Waals surface area contributed by atoms with Crippen LogP contribution >= 0.6 is 0 Å². The molecule has 110 valence electrons. The predicted molar refractivity (Wildman–Crippen MR) is 79.0 cm³/mol. The lowest BCUT2D eigenvalue weighted by molar-refractivity contribution is 0.0574. The Balaban J connectivity index is 2.19. The minimum absolute atomic E-state index is 0.362. The fraction of sp³-hybridized carbons (Fsp3) is 0.533. The van der Waals surface area contributed by atoms with Gasteiger partial charge in [0.15, 0.2) is 0 Å². The van der Waals surface area contributed by atoms with Gasteiger partial charge in [-0.15, -0.1) is 0 Å². The number of para-hydroxylation sites is 1. The molecule has 1 aliphatic rings. The number of carbonyl (C=O) groups excluding carboxylic acids is 1. The molecule has 5 heteroatoms. The normalized spacial score (nSPS) is 18.6. The highest BCUT2D eigenvalue weighted by atomic mass is 16.5. The Labute approximate surface area is 119 Å². The van der Waals surface area contributed by atoms with Gasteiger partial charge in [0, 0.05) is 20.2 Å². The Morgan fingerprint density at radius 3 is 3.00 bits per heavy atom. The maximum Gasteiger partial charge on any atom is 0.340 e. The summed E-state index contributed by atoms with van der Waals surface area (Å²) in [6, 6.07) is 5.31. The van der Waals surface area contributed by atoms with Gasteiger partial charge in [0.2, 0.25) is 0 Å². The zero-order valence-corrected chi connectivity index (χ0v) is 12.1. The molecule has 0 saturated carbocycles. The summed E-state index contributed by atoms with van der Waals surface area (Å²) in [6.07, 6.45) is 2.23. The van der Waals surface area contributed by atoms with Crippen molar-refractivity contribution in [3.63, 3.8) is 0 Å². The lowest BCUT2D eigenvalue weighted by Crippen LogP contribution is -2.32. The third-order valence-electron chi connectivity index (χ3n) is 3.64. The average molecular weight is 278 g/mol. The molecule has 1 fully saturated rings. The molecule has 1 saturated heterocycles. The summed E-state index contributed by atoms with van der Waals surface area (Å²) in [7, 11) is 3.33. The number of ether oxygens (including phenoxy) is 2. The molecule has 0 aliphatic carbocycles. The monoisotopic (exact) mass is 278 g/mol. The van der Waals surface area contributed by atoms with E-state index in [1.807, 2.05) is 11.9 Å². The first kappa shape index (κ1) is 14.7. The summed E-state index contributed by atoms with van der Waals surface area (Å²) in [5.41, 5.74) is 7.88. The first-order valence-electron chi connectivity index (χ1n) is 6.89. The summed E-state index contributed by atoms with van der Waals surface area (Å²) < 4.78 is 10.3. The van der Waals surface area contributed by atoms with Crippen molar-refractivity contribution < 1.29 is 14.3 Å². The van der Waals surface area contributed by atoms with E-state index in [-0.39, 0.29) is 5.97 Å². The molecule has 1 atom stereocenters. The first-order chi connectivity index (χ1) is 9.63. The molecule has 1 unspecified atom stereocenters. The van der Waals surface area contributed by atoms with Gasteiger partial charge in [-0.1, -0.05) is 6.07 Å². The standard InChI is InChI=1S/C15H22N2O3/c1-17(9-11-5-4-8-20-10-11)14-12(15(18)19-2)6-3-7-13(14)16/h3,6-7,11H,4-5,8-10,16H2,1-2H3. The molecule has 0 radical (unpaired) electrons. The number of rotatable bonds is 4. The SMILES string of the molecule is COC(=O)c1cccc(N)c1N(C)CC1CCCOC1. The van der Waals surface area contributed by atoms with Crippen LogP contribution in [0.4, 0.5) is 11.4 Å². The number of hydrogen-bond acceptors (Lipinski definition) is 5. The van der Waals surface area contributed by atoms with Crippen LogP contribution in [0.1, 0.15) is 23.2 Å². The van der Waals surface area contributed by atoms with Gasteiger partial charge in [-0.2, -0.15) is 0 Å². The van der Waals surface area contributed by atoms with Crippen molar-refractivity contribution in [2.45, 2.75) is 12.8 Å². The zero-order valence-electron chi connectivity index (χ0n) is 12.1. The van der Waals surface area contributed by atoms with Crippen LogP contribution in [0.5, 0.6) is 0 Å². The number of nitrogens with two attached hydrogens (primary N) is 1. The van der Waals surface area contributed by atoms with E-state index >= 15 is 0 Å². The number of carbonyl (C=O) groups is 1. The van der Waals surface area contributed by atoms with Crippen molar-refractivity contribution in [1.29, 1.82) is 0 Å². The Bertz CT molecular complexity index is 470. The van der Waals surface area contributed by atoms with Crippen molar-refractivity contribution in [3.8, 4) is 0 Å². The highest BCUT2D eigenvalue weighted by Gasteiger charge is 2.21. The van der Waals surface area contributed by atoms with Crippen molar-refractivity contribution >= 4 is 17.3 Å². The van der Waals surface area contributed by atoms with E-state index in [4.69, 9.17) is 15.2 Å². The molecule has 0 aromatic heterocycles. The summed E-state index contributed by atoms with van der Waals surface area (Å²) in [6.45, 7) is 2.43. The highest BCUT2D eigenvalue weighted by Crippen LogP contribution is 2.29. The Morgan fingerprint density at radius 2 is 2.35 bits per heavy atom. The first-order valence-corrected chi connectivity index (χ1v) is 6.89. The molecular weight excluding hydrogens is 256 g/mol. The van der Waals surface area contributed by atoms with E-state index < -0.39 is 0 Å². The predicted octanol–water partition coefficient (Wildman–Crippen LogP) is 1.92. The van der Waals surface area contributed by atoms with Crippen LogP contribution in [0.15, 0.2) is 18.2 Å². The fourth-order valence-electron chi connectivity index (χ4n) is 2.69. The molecule has 1 aromatic rings. The topological polar surface area (TPSA) is 64.8 Å². The number of esters is 1. The van der Waals surface area contributed by atoms with Crippen LogP contribution in [0.25, 0.3) is 0 Å². The Kier molecular flexibility index (Phi) is 4.84. The van der Waals surface area contributed by atoms with E-state index in [0.29, 0.717) is 17.2 Å². The number of benzene rings is 1. The van der Waals surface area contributed by atoms with Crippen LogP contribution in [0, 0.1) is 5.92 Å². The van der Waals surface area contributed by atoms with Gasteiger partial charge < -0.3 is 20.1 Å². The number of nitrogen functional groups attached to an aromatic ring is 1. The summed E-state index contributed by atoms with van der Waals surface area (Å²) in [5, 5.41) is 0. The van der Waals surface area contributed by atoms with Crippen LogP contribution in [-0.4, -0.2) is 39.9 Å². The maximum absolute atomic E-state index is 11.9. The molecule has 0 bridgehead atoms. The molecule has 2 N–H and O–H groups in total. The minimum Gasteiger partial charge on any atom is -0.465 e. The van der Waals surface area contributed by atoms with Gasteiger partial charge in [0.25, 0.3) is 0 Å². The number of methoxy groups -OCH3 is 1. The van der Waals surface area contributed by atoms with Gasteiger partial charge in [-0.25, -0.2) is 4.79 Å². The third-order valence-corrected chi connectivity index (χ3v) is 3.64. The summed E-state index contributed by atoms with van der Waals surface area (Å²) in [5.74, 6) is 0.109. The Morgan fingerprint density at radius 1 is 1.55 bits per heavy atom. The van der Waals surface area contributed by atoms with Crippen molar-refractivity contribution in [1.82, 2.24) is 0 Å². The molecule has 1 heterocycles. The molecule has 5 nitrogen and oxygen atoms in total. The highest BCUT2D eigenvalue weighted by molar-refractivity contribution is 5.99. The van der Waals surface area contributed by atoms with E-state index in [0.717, 1.165) is 38.3 Å². The van der Waals surface area contributed by atoms with Gasteiger partial charge in [0.05, 0.1) is 30.7 Å². The lowest BCUT2D eigenvalue weighted by atomic mass is 10.0. The number of nitrogens with zero attached hydrogens (tertiary/aromatic N) is 1. The van der Waals surface area contributed by atoms with E-state index in [1.54, 1.807) is 18.2 Å². The second kappa shape index (κ2) is 6.61. The largest absolute Gasteiger partial charge is 0.465 e. The molecule has 0 amide bonds. The summed E-state index contributed by atoms with van der Waals surface area (Å²) in [4.78, 5) is 13.9. The van der Waals surface area contributed by atoms with E-state index in [9.17, 15) is 4.79 Å². The average Bonchev–Trinajstić information content (AvgIpc) is 2.47. The number of anilines is 2. The molecule has 1 aliphatic heterocycles. The third kappa shape index (κ3) is 3.22. The Hall–Kier alpha value is -1.75. The van der Waals surface area contributed by atoms with Gasteiger partial charge >= 0.3 is 5.97 Å². The number of hydrogen-bond donors (Lipinski definition) is 1. The van der Waals surface area contributed by atoms with Crippen molar-refractivity contribution in [2.75, 3.05) is 44.5 Å². The van der Waals surface area contributed by atoms with Crippen LogP contribution in [-0.2, 0) is 9.47 Å². The lowest BCUT2D eigenvalue weighted by Gasteiger charge is -2.30. The minimum atomic E-state index is -0.362. The van der Waals surface area contributed by atoms with E-state index in [2.05, 4.69) is 0 Å². The second-order valence-corrected chi connectivity index (χ2v) is 5.20. The summed E-state index contributed by atoms with van der Waals surface area (Å²) >= 11 is 0. The van der Waals surface area contributed by atoms with Crippen molar-refractivity contribution in [2.24, 2.45) is 5.92 Å². The second-order valence-electron chi connectivity index (χ2n) is 5.20. The zero-order chi connectivity index (χ0) is 14.5. The molecule has 2 rings (SSSR count). The maximum atomic E-state index is 11.9. The van der Waals surface area contributed by atoms with Crippen LogP contribution in [0.2, 0.25) is 0 Å². The molecule has 20 heavy (non-hydrogen) atoms. The van der Waals surface area contributed by atoms with Crippen LogP contribution < -0.4 is 10.6 Å². The van der Waals surface area contributed by atoms with Gasteiger partial charge in [-0.05, 0) is 30.9 Å². The fourth-order valence-corrected chi connectivity index (χ4v) is 2.69. The smallest absolute Gasteiger partial charge is 0.340 e. The molecule has 0 spiro atoms. The molecule has 1 aromatic carbocycles. The molecular formula is C15H22N2O3. The van der Waals surface area contributed by atoms with E-state index in [1.165, 1.54) is 7.11 Å². The quantitative estimate of drug-likeness (QED) is 0.673. The van der Waals surface area contributed by atoms with Gasteiger partial charge in [0.1, 0.15) is 0 Å². The van der Waals surface area contributed by atoms with Gasteiger partial charge in [-0.3, -0.25) is 0 Å². The van der Waals surface area contributed by atoms with Crippen molar-refractivity contribution in [3.05, 3.63) is 23.8 Å². The van der Waals surface area contributed by atoms with Crippen LogP contribution in [0.3, 0.4) is 0 Å².